The van der Waals surface area contributed by atoms with E-state index in [1.807, 2.05) is 29.0 Å². The smallest absolute Gasteiger partial charge is 0.247 e. The van der Waals surface area contributed by atoms with Crippen LogP contribution in [0.5, 0.6) is 0 Å². The van der Waals surface area contributed by atoms with E-state index in [0.29, 0.717) is 19.6 Å². The fourth-order valence-electron chi connectivity index (χ4n) is 4.25. The minimum absolute atomic E-state index is 0.0567. The molecular formula is C22H22N4O2S. The van der Waals surface area contributed by atoms with Crippen LogP contribution in [0.4, 0.5) is 0 Å². The van der Waals surface area contributed by atoms with Gasteiger partial charge in [0.25, 0.3) is 0 Å². The number of nitrogens with zero attached hydrogens (tertiary/aromatic N) is 4. The highest BCUT2D eigenvalue weighted by atomic mass is 32.1. The molecule has 0 bridgehead atoms. The first kappa shape index (κ1) is 18.3. The number of aromatic nitrogens is 1. The minimum Gasteiger partial charge on any atom is -0.327 e. The average Bonchev–Trinajstić information content (AvgIpc) is 3.25. The van der Waals surface area contributed by atoms with E-state index in [-0.39, 0.29) is 24.4 Å². The van der Waals surface area contributed by atoms with Gasteiger partial charge >= 0.3 is 0 Å². The van der Waals surface area contributed by atoms with Crippen molar-refractivity contribution in [2.75, 3.05) is 26.2 Å². The number of piperazine rings is 2. The average molecular weight is 407 g/mol. The highest BCUT2D eigenvalue weighted by Crippen LogP contribution is 2.22. The predicted molar refractivity (Wildman–Crippen MR) is 112 cm³/mol. The van der Waals surface area contributed by atoms with Crippen LogP contribution in [0.3, 0.4) is 0 Å². The van der Waals surface area contributed by atoms with Crippen LogP contribution in [0.15, 0.2) is 53.4 Å². The first-order valence-electron chi connectivity index (χ1n) is 9.83. The lowest BCUT2D eigenvalue weighted by atomic mass is 10.0. The monoisotopic (exact) mass is 406 g/mol. The molecular weight excluding hydrogens is 384 g/mol. The van der Waals surface area contributed by atoms with Gasteiger partial charge in [-0.3, -0.25) is 19.5 Å². The van der Waals surface area contributed by atoms with E-state index in [4.69, 9.17) is 0 Å². The normalized spacial score (nSPS) is 20.3. The second-order valence-electron chi connectivity index (χ2n) is 7.69. The summed E-state index contributed by atoms with van der Waals surface area (Å²) >= 11 is 1.61. The van der Waals surface area contributed by atoms with E-state index in [2.05, 4.69) is 28.1 Å². The van der Waals surface area contributed by atoms with Crippen LogP contribution in [-0.2, 0) is 22.7 Å². The van der Waals surface area contributed by atoms with Crippen LogP contribution in [0.25, 0.3) is 10.9 Å². The van der Waals surface area contributed by atoms with Crippen LogP contribution >= 0.6 is 11.3 Å². The Kier molecular flexibility index (Phi) is 4.77. The third kappa shape index (κ3) is 3.63. The van der Waals surface area contributed by atoms with E-state index in [9.17, 15) is 9.59 Å². The van der Waals surface area contributed by atoms with Crippen molar-refractivity contribution in [3.8, 4) is 0 Å². The number of amides is 2. The topological polar surface area (TPSA) is 56.8 Å². The van der Waals surface area contributed by atoms with Gasteiger partial charge < -0.3 is 9.80 Å². The summed E-state index contributed by atoms with van der Waals surface area (Å²) in [6, 6.07) is 11.9. The number of benzene rings is 1. The molecule has 0 radical (unpaired) electrons. The third-order valence-electron chi connectivity index (χ3n) is 5.73. The highest BCUT2D eigenvalue weighted by molar-refractivity contribution is 7.07. The van der Waals surface area contributed by atoms with Gasteiger partial charge in [0.1, 0.15) is 12.6 Å². The van der Waals surface area contributed by atoms with Crippen molar-refractivity contribution < 1.29 is 9.59 Å². The predicted octanol–water partition coefficient (Wildman–Crippen LogP) is 2.35. The van der Waals surface area contributed by atoms with Gasteiger partial charge in [-0.05, 0) is 46.2 Å². The molecule has 148 valence electrons. The Labute approximate surface area is 173 Å². The van der Waals surface area contributed by atoms with Crippen molar-refractivity contribution in [3.63, 3.8) is 0 Å². The van der Waals surface area contributed by atoms with Gasteiger partial charge in [0.05, 0.1) is 5.52 Å². The lowest BCUT2D eigenvalue weighted by Gasteiger charge is -2.46. The van der Waals surface area contributed by atoms with Crippen LogP contribution in [-0.4, -0.2) is 63.7 Å². The molecule has 2 fully saturated rings. The first-order chi connectivity index (χ1) is 14.2. The number of carbonyl (C=O) groups excluding carboxylic acids is 2. The summed E-state index contributed by atoms with van der Waals surface area (Å²) in [7, 11) is 0. The second-order valence-corrected chi connectivity index (χ2v) is 8.47. The molecule has 2 amide bonds. The van der Waals surface area contributed by atoms with Gasteiger partial charge in [0, 0.05) is 44.3 Å². The highest BCUT2D eigenvalue weighted by Gasteiger charge is 2.42. The van der Waals surface area contributed by atoms with E-state index >= 15 is 0 Å². The van der Waals surface area contributed by atoms with Crippen molar-refractivity contribution in [1.29, 1.82) is 0 Å². The molecule has 7 heteroatoms. The summed E-state index contributed by atoms with van der Waals surface area (Å²) in [5.41, 5.74) is 3.27. The summed E-state index contributed by atoms with van der Waals surface area (Å²) in [4.78, 5) is 35.9. The molecule has 5 rings (SSSR count). The molecule has 1 unspecified atom stereocenters. The van der Waals surface area contributed by atoms with Gasteiger partial charge in [0.15, 0.2) is 0 Å². The molecule has 2 aromatic heterocycles. The lowest BCUT2D eigenvalue weighted by molar-refractivity contribution is -0.160. The van der Waals surface area contributed by atoms with Gasteiger partial charge in [0.2, 0.25) is 11.8 Å². The first-order valence-corrected chi connectivity index (χ1v) is 10.8. The molecule has 3 aromatic rings. The molecule has 0 aliphatic carbocycles. The fraction of sp³-hybridized carbons (Fsp3) is 0.318. The van der Waals surface area contributed by atoms with Crippen LogP contribution < -0.4 is 0 Å². The maximum atomic E-state index is 13.1. The number of hydrogen-bond donors (Lipinski definition) is 0. The SMILES string of the molecule is O=C1C2CN(Cc3ccc4ncccc4c3)CCN2C(=O)CN1Cc1ccsc1. The van der Waals surface area contributed by atoms with Gasteiger partial charge in [-0.1, -0.05) is 12.1 Å². The summed E-state index contributed by atoms with van der Waals surface area (Å²) < 4.78 is 0. The van der Waals surface area contributed by atoms with E-state index < -0.39 is 0 Å². The van der Waals surface area contributed by atoms with Crippen LogP contribution in [0.2, 0.25) is 0 Å². The molecule has 0 spiro atoms. The summed E-state index contributed by atoms with van der Waals surface area (Å²) in [5.74, 6) is 0.115. The Morgan fingerprint density at radius 3 is 2.86 bits per heavy atom. The summed E-state index contributed by atoms with van der Waals surface area (Å²) in [6.45, 7) is 3.43. The quantitative estimate of drug-likeness (QED) is 0.668. The zero-order valence-corrected chi connectivity index (χ0v) is 16.8. The second kappa shape index (κ2) is 7.57. The largest absolute Gasteiger partial charge is 0.327 e. The third-order valence-corrected chi connectivity index (χ3v) is 6.47. The zero-order chi connectivity index (χ0) is 19.8. The molecule has 29 heavy (non-hydrogen) atoms. The van der Waals surface area contributed by atoms with Crippen LogP contribution in [0, 0.1) is 0 Å². The molecule has 1 aromatic carbocycles. The van der Waals surface area contributed by atoms with Gasteiger partial charge in [-0.25, -0.2) is 0 Å². The van der Waals surface area contributed by atoms with E-state index in [1.54, 1.807) is 27.3 Å². The molecule has 2 aliphatic heterocycles. The van der Waals surface area contributed by atoms with Gasteiger partial charge in [-0.2, -0.15) is 11.3 Å². The Morgan fingerprint density at radius 2 is 2.00 bits per heavy atom. The van der Waals surface area contributed by atoms with E-state index in [0.717, 1.165) is 29.6 Å². The Balaban J connectivity index is 1.30. The number of pyridine rings is 1. The molecule has 2 saturated heterocycles. The standard InChI is InChI=1S/C22H22N4O2S/c27-21-14-25(12-17-5-9-29-15-17)22(28)20-13-24(7-8-26(20)21)11-16-3-4-19-18(10-16)2-1-6-23-19/h1-6,9-10,15,20H,7-8,11-14H2. The molecule has 2 aliphatic rings. The minimum atomic E-state index is -0.384. The molecule has 0 N–H and O–H groups in total. The fourth-order valence-corrected chi connectivity index (χ4v) is 4.91. The van der Waals surface area contributed by atoms with E-state index in [1.165, 1.54) is 5.56 Å². The number of carbonyl (C=O) groups is 2. The summed E-state index contributed by atoms with van der Waals surface area (Å²) in [5, 5.41) is 5.15. The number of rotatable bonds is 4. The van der Waals surface area contributed by atoms with Gasteiger partial charge in [-0.15, -0.1) is 0 Å². The Bertz CT molecular complexity index is 1050. The Morgan fingerprint density at radius 1 is 1.07 bits per heavy atom. The van der Waals surface area contributed by atoms with Crippen molar-refractivity contribution >= 4 is 34.1 Å². The number of hydrogen-bond acceptors (Lipinski definition) is 5. The number of fused-ring (bicyclic) bond motifs is 2. The van der Waals surface area contributed by atoms with Crippen molar-refractivity contribution in [2.45, 2.75) is 19.1 Å². The van der Waals surface area contributed by atoms with Crippen molar-refractivity contribution in [2.24, 2.45) is 0 Å². The maximum absolute atomic E-state index is 13.1. The lowest BCUT2D eigenvalue weighted by Crippen LogP contribution is -2.66. The van der Waals surface area contributed by atoms with Crippen molar-refractivity contribution in [3.05, 3.63) is 64.5 Å². The Hall–Kier alpha value is -2.77. The van der Waals surface area contributed by atoms with Crippen molar-refractivity contribution in [1.82, 2.24) is 19.7 Å². The molecule has 0 saturated carbocycles. The molecule has 6 nitrogen and oxygen atoms in total. The summed E-state index contributed by atoms with van der Waals surface area (Å²) in [6.07, 6.45) is 1.80. The maximum Gasteiger partial charge on any atom is 0.247 e. The van der Waals surface area contributed by atoms with Crippen LogP contribution in [0.1, 0.15) is 11.1 Å². The molecule has 4 heterocycles. The zero-order valence-electron chi connectivity index (χ0n) is 16.0. The molecule has 1 atom stereocenters. The number of thiophene rings is 1.